The van der Waals surface area contributed by atoms with Gasteiger partial charge in [0.05, 0.1) is 30.0 Å². The normalized spacial score (nSPS) is 11.0. The molecule has 0 saturated carbocycles. The van der Waals surface area contributed by atoms with Crippen molar-refractivity contribution < 1.29 is 4.74 Å². The molecular formula is C20H18ClN5O2. The molecule has 2 aromatic carbocycles. The molecule has 0 aliphatic carbocycles. The Labute approximate surface area is 166 Å². The Hall–Kier alpha value is -3.32. The Bertz CT molecular complexity index is 1170. The van der Waals surface area contributed by atoms with Crippen LogP contribution in [0.3, 0.4) is 0 Å². The van der Waals surface area contributed by atoms with Crippen molar-refractivity contribution in [2.45, 2.75) is 6.54 Å². The highest BCUT2D eigenvalue weighted by atomic mass is 35.5. The second-order valence-corrected chi connectivity index (χ2v) is 6.68. The Balaban J connectivity index is 1.68. The Morgan fingerprint density at radius 1 is 1.18 bits per heavy atom. The van der Waals surface area contributed by atoms with Crippen LogP contribution in [-0.4, -0.2) is 33.9 Å². The number of ether oxygens (including phenoxy) is 1. The third-order valence-electron chi connectivity index (χ3n) is 4.49. The number of aromatic nitrogens is 4. The maximum absolute atomic E-state index is 12.8. The van der Waals surface area contributed by atoms with Crippen molar-refractivity contribution in [1.82, 2.24) is 19.7 Å². The van der Waals surface area contributed by atoms with Gasteiger partial charge in [-0.1, -0.05) is 41.9 Å². The van der Waals surface area contributed by atoms with E-state index in [1.807, 2.05) is 60.5 Å². The maximum atomic E-state index is 12.8. The Morgan fingerprint density at radius 2 is 1.93 bits per heavy atom. The molecule has 8 heteroatoms. The van der Waals surface area contributed by atoms with Gasteiger partial charge in [0, 0.05) is 19.2 Å². The van der Waals surface area contributed by atoms with Crippen molar-refractivity contribution in [2.24, 2.45) is 0 Å². The minimum atomic E-state index is -0.440. The van der Waals surface area contributed by atoms with Gasteiger partial charge in [-0.2, -0.15) is 9.78 Å². The van der Waals surface area contributed by atoms with Crippen molar-refractivity contribution >= 4 is 28.3 Å². The monoisotopic (exact) mass is 395 g/mol. The van der Waals surface area contributed by atoms with Gasteiger partial charge in [0.2, 0.25) is 5.95 Å². The van der Waals surface area contributed by atoms with Crippen molar-refractivity contribution in [2.75, 3.05) is 19.1 Å². The Kier molecular flexibility index (Phi) is 4.75. The lowest BCUT2D eigenvalue weighted by atomic mass is 10.2. The number of H-pyrrole nitrogens is 1. The molecule has 0 aliphatic rings. The highest BCUT2D eigenvalue weighted by molar-refractivity contribution is 6.33. The molecule has 0 spiro atoms. The lowest BCUT2D eigenvalue weighted by molar-refractivity contribution is 0.409. The molecule has 0 saturated heterocycles. The zero-order valence-electron chi connectivity index (χ0n) is 15.4. The maximum Gasteiger partial charge on any atom is 0.295 e. The van der Waals surface area contributed by atoms with Gasteiger partial charge in [-0.15, -0.1) is 0 Å². The number of aromatic amines is 1. The number of hydrogen-bond acceptors (Lipinski definition) is 5. The molecular weight excluding hydrogens is 378 g/mol. The number of rotatable bonds is 5. The first-order chi connectivity index (χ1) is 13.6. The second kappa shape index (κ2) is 7.36. The van der Waals surface area contributed by atoms with Crippen molar-refractivity contribution in [1.29, 1.82) is 0 Å². The molecule has 7 nitrogen and oxygen atoms in total. The summed E-state index contributed by atoms with van der Waals surface area (Å²) in [4.78, 5) is 22.2. The number of nitrogens with one attached hydrogen (secondary N) is 1. The molecule has 0 unspecified atom stereocenters. The van der Waals surface area contributed by atoms with E-state index in [9.17, 15) is 4.79 Å². The van der Waals surface area contributed by atoms with E-state index in [2.05, 4.69) is 15.1 Å². The van der Waals surface area contributed by atoms with Gasteiger partial charge in [-0.05, 0) is 18.2 Å². The number of anilines is 1. The predicted molar refractivity (Wildman–Crippen MR) is 110 cm³/mol. The van der Waals surface area contributed by atoms with Crippen LogP contribution in [0.2, 0.25) is 5.02 Å². The average molecular weight is 396 g/mol. The number of nitrogens with zero attached hydrogens (tertiary/aromatic N) is 4. The van der Waals surface area contributed by atoms with Crippen LogP contribution >= 0.6 is 11.6 Å². The second-order valence-electron chi connectivity index (χ2n) is 6.31. The summed E-state index contributed by atoms with van der Waals surface area (Å²) in [5, 5.41) is 4.34. The highest BCUT2D eigenvalue weighted by Crippen LogP contribution is 2.25. The van der Waals surface area contributed by atoms with E-state index in [-0.39, 0.29) is 5.02 Å². The summed E-state index contributed by atoms with van der Waals surface area (Å²) < 4.78 is 6.56. The van der Waals surface area contributed by atoms with Crippen molar-refractivity contribution in [3.63, 3.8) is 0 Å². The van der Waals surface area contributed by atoms with Crippen LogP contribution in [0.5, 0.6) is 5.75 Å². The number of imidazole rings is 1. The Morgan fingerprint density at radius 3 is 2.71 bits per heavy atom. The van der Waals surface area contributed by atoms with Crippen LogP contribution in [-0.2, 0) is 6.54 Å². The van der Waals surface area contributed by atoms with E-state index in [0.717, 1.165) is 22.3 Å². The molecule has 4 aromatic rings. The summed E-state index contributed by atoms with van der Waals surface area (Å²) in [5.74, 6) is 1.10. The first kappa shape index (κ1) is 18.1. The number of methoxy groups -OCH3 is 1. The summed E-state index contributed by atoms with van der Waals surface area (Å²) in [6.45, 7) is 0.513. The standard InChI is InChI=1S/C20H18ClN5O2/c1-25(12-13-7-3-6-10-17(13)28-2)16-11-22-26(19(27)18(16)21)20-23-14-8-4-5-9-15(14)24-20/h3-11H,12H2,1-2H3,(H,23,24). The molecule has 0 fully saturated rings. The van der Waals surface area contributed by atoms with Crippen LogP contribution < -0.4 is 15.2 Å². The fraction of sp³-hybridized carbons (Fsp3) is 0.150. The van der Waals surface area contributed by atoms with Crippen LogP contribution in [0.25, 0.3) is 17.0 Å². The zero-order chi connectivity index (χ0) is 19.7. The lowest BCUT2D eigenvalue weighted by Crippen LogP contribution is -2.27. The number of halogens is 1. The zero-order valence-corrected chi connectivity index (χ0v) is 16.1. The molecule has 0 radical (unpaired) electrons. The number of para-hydroxylation sites is 3. The molecule has 0 bridgehead atoms. The molecule has 28 heavy (non-hydrogen) atoms. The van der Waals surface area contributed by atoms with E-state index < -0.39 is 5.56 Å². The minimum absolute atomic E-state index is 0.0767. The van der Waals surface area contributed by atoms with Gasteiger partial charge in [0.15, 0.2) is 0 Å². The van der Waals surface area contributed by atoms with E-state index in [0.29, 0.717) is 18.2 Å². The SMILES string of the molecule is COc1ccccc1CN(C)c1cnn(-c2nc3ccccc3[nH]2)c(=O)c1Cl. The van der Waals surface area contributed by atoms with Gasteiger partial charge < -0.3 is 14.6 Å². The molecule has 2 heterocycles. The fourth-order valence-electron chi connectivity index (χ4n) is 3.05. The van der Waals surface area contributed by atoms with Crippen molar-refractivity contribution in [3.8, 4) is 11.7 Å². The number of benzene rings is 2. The molecule has 1 N–H and O–H groups in total. The van der Waals surface area contributed by atoms with Crippen LogP contribution in [0.4, 0.5) is 5.69 Å². The topological polar surface area (TPSA) is 76.0 Å². The molecule has 0 aliphatic heterocycles. The minimum Gasteiger partial charge on any atom is -0.496 e. The van der Waals surface area contributed by atoms with Crippen LogP contribution in [0, 0.1) is 0 Å². The molecule has 0 amide bonds. The highest BCUT2D eigenvalue weighted by Gasteiger charge is 2.17. The smallest absolute Gasteiger partial charge is 0.295 e. The quantitative estimate of drug-likeness (QED) is 0.560. The van der Waals surface area contributed by atoms with E-state index in [1.54, 1.807) is 13.3 Å². The summed E-state index contributed by atoms with van der Waals surface area (Å²) in [7, 11) is 3.47. The fourth-order valence-corrected chi connectivity index (χ4v) is 3.33. The average Bonchev–Trinajstić information content (AvgIpc) is 3.14. The summed E-state index contributed by atoms with van der Waals surface area (Å²) in [5.41, 5.74) is 2.64. The molecule has 0 atom stereocenters. The van der Waals surface area contributed by atoms with Crippen molar-refractivity contribution in [3.05, 3.63) is 75.7 Å². The van der Waals surface area contributed by atoms with E-state index >= 15 is 0 Å². The van der Waals surface area contributed by atoms with E-state index in [1.165, 1.54) is 4.68 Å². The molecule has 2 aromatic heterocycles. The van der Waals surface area contributed by atoms with Gasteiger partial charge in [0.25, 0.3) is 5.56 Å². The summed E-state index contributed by atoms with van der Waals surface area (Å²) >= 11 is 6.39. The van der Waals surface area contributed by atoms with Gasteiger partial charge in [-0.3, -0.25) is 4.79 Å². The van der Waals surface area contributed by atoms with E-state index in [4.69, 9.17) is 16.3 Å². The first-order valence-electron chi connectivity index (χ1n) is 8.64. The first-order valence-corrected chi connectivity index (χ1v) is 9.02. The number of fused-ring (bicyclic) bond motifs is 1. The summed E-state index contributed by atoms with van der Waals surface area (Å²) in [6, 6.07) is 15.2. The molecule has 4 rings (SSSR count). The lowest BCUT2D eigenvalue weighted by Gasteiger charge is -2.21. The summed E-state index contributed by atoms with van der Waals surface area (Å²) in [6.07, 6.45) is 1.56. The third-order valence-corrected chi connectivity index (χ3v) is 4.84. The van der Waals surface area contributed by atoms with Crippen LogP contribution in [0.15, 0.2) is 59.5 Å². The largest absolute Gasteiger partial charge is 0.496 e. The van der Waals surface area contributed by atoms with Gasteiger partial charge in [0.1, 0.15) is 10.8 Å². The van der Waals surface area contributed by atoms with Gasteiger partial charge >= 0.3 is 0 Å². The number of hydrogen-bond donors (Lipinski definition) is 1. The predicted octanol–water partition coefficient (Wildman–Crippen LogP) is 3.41. The third kappa shape index (κ3) is 3.20. The van der Waals surface area contributed by atoms with Gasteiger partial charge in [-0.25, -0.2) is 4.98 Å². The van der Waals surface area contributed by atoms with Crippen LogP contribution in [0.1, 0.15) is 5.56 Å². The molecule has 142 valence electrons.